The molecule has 1 aromatic carbocycles. The molecule has 0 spiro atoms. The van der Waals surface area contributed by atoms with Gasteiger partial charge in [0.2, 0.25) is 0 Å². The molecule has 1 saturated heterocycles. The highest BCUT2D eigenvalue weighted by atomic mass is 32.2. The molecule has 108 valence electrons. The molecule has 2 aliphatic rings. The van der Waals surface area contributed by atoms with E-state index in [9.17, 15) is 5.11 Å². The fraction of sp³-hybridized carbons (Fsp3) is 0.529. The second kappa shape index (κ2) is 6.17. The van der Waals surface area contributed by atoms with Crippen molar-refractivity contribution >= 4 is 23.5 Å². The number of benzene rings is 1. The average Bonchev–Trinajstić information content (AvgIpc) is 2.75. The largest absolute Gasteiger partial charge is 0.383 e. The lowest BCUT2D eigenvalue weighted by molar-refractivity contribution is 0.0666. The smallest absolute Gasteiger partial charge is 0.118 e. The van der Waals surface area contributed by atoms with Crippen molar-refractivity contribution in [3.8, 4) is 0 Å². The summed E-state index contributed by atoms with van der Waals surface area (Å²) in [6, 6.07) is 10.6. The highest BCUT2D eigenvalue weighted by Gasteiger charge is 2.51. The Morgan fingerprint density at radius 3 is 2.45 bits per heavy atom. The third kappa shape index (κ3) is 2.56. The zero-order chi connectivity index (χ0) is 13.9. The maximum Gasteiger partial charge on any atom is 0.118 e. The van der Waals surface area contributed by atoms with Gasteiger partial charge in [0, 0.05) is 0 Å². The molecule has 0 saturated carbocycles. The molecule has 1 aliphatic heterocycles. The molecule has 0 radical (unpaired) electrons. The van der Waals surface area contributed by atoms with Gasteiger partial charge >= 0.3 is 0 Å². The molecule has 1 N–H and O–H groups in total. The molecule has 1 atom stereocenters. The lowest BCUT2D eigenvalue weighted by Crippen LogP contribution is -2.47. The van der Waals surface area contributed by atoms with E-state index in [2.05, 4.69) is 42.5 Å². The zero-order valence-electron chi connectivity index (χ0n) is 11.8. The van der Waals surface area contributed by atoms with Crippen LogP contribution in [0.5, 0.6) is 0 Å². The minimum Gasteiger partial charge on any atom is -0.383 e. The lowest BCUT2D eigenvalue weighted by atomic mass is 9.89. The van der Waals surface area contributed by atoms with Gasteiger partial charge < -0.3 is 5.11 Å². The molecule has 0 bridgehead atoms. The molecule has 1 nitrogen and oxygen atoms in total. The van der Waals surface area contributed by atoms with Gasteiger partial charge in [0.05, 0.1) is 0 Å². The van der Waals surface area contributed by atoms with Crippen LogP contribution in [0.2, 0.25) is 0 Å². The second-order valence-corrected chi connectivity index (χ2v) is 8.48. The molecule has 1 unspecified atom stereocenters. The van der Waals surface area contributed by atoms with Crippen molar-refractivity contribution in [1.82, 2.24) is 0 Å². The Labute approximate surface area is 130 Å². The quantitative estimate of drug-likeness (QED) is 0.808. The Kier molecular flexibility index (Phi) is 4.49. The van der Waals surface area contributed by atoms with E-state index in [4.69, 9.17) is 0 Å². The fourth-order valence-electron chi connectivity index (χ4n) is 3.15. The molecule has 1 heterocycles. The Bertz CT molecular complexity index is 465. The van der Waals surface area contributed by atoms with E-state index in [1.165, 1.54) is 18.4 Å². The maximum atomic E-state index is 11.5. The van der Waals surface area contributed by atoms with Crippen molar-refractivity contribution in [3.05, 3.63) is 48.0 Å². The Hall–Kier alpha value is -0.380. The summed E-state index contributed by atoms with van der Waals surface area (Å²) in [5.74, 6) is 2.27. The van der Waals surface area contributed by atoms with E-state index < -0.39 is 5.60 Å². The van der Waals surface area contributed by atoms with Crippen LogP contribution in [0, 0.1) is 0 Å². The van der Waals surface area contributed by atoms with Gasteiger partial charge in [-0.05, 0) is 49.2 Å². The Balaban J connectivity index is 2.05. The van der Waals surface area contributed by atoms with Gasteiger partial charge in [-0.15, -0.1) is 23.5 Å². The molecule has 1 fully saturated rings. The van der Waals surface area contributed by atoms with Gasteiger partial charge in [0.25, 0.3) is 0 Å². The molecule has 20 heavy (non-hydrogen) atoms. The summed E-state index contributed by atoms with van der Waals surface area (Å²) in [6.45, 7) is 0. The molecule has 0 amide bonds. The van der Waals surface area contributed by atoms with Crippen molar-refractivity contribution in [2.24, 2.45) is 0 Å². The van der Waals surface area contributed by atoms with Gasteiger partial charge in [-0.3, -0.25) is 0 Å². The number of hydrogen-bond donors (Lipinski definition) is 1. The van der Waals surface area contributed by atoms with Crippen molar-refractivity contribution in [2.75, 3.05) is 11.5 Å². The predicted molar refractivity (Wildman–Crippen MR) is 90.2 cm³/mol. The molecular formula is C17H22OS2. The fourth-order valence-corrected chi connectivity index (χ4v) is 6.76. The first-order valence-electron chi connectivity index (χ1n) is 7.50. The maximum absolute atomic E-state index is 11.5. The zero-order valence-corrected chi connectivity index (χ0v) is 13.4. The molecule has 3 rings (SSSR count). The van der Waals surface area contributed by atoms with Crippen molar-refractivity contribution in [2.45, 2.75) is 41.8 Å². The average molecular weight is 306 g/mol. The van der Waals surface area contributed by atoms with Crippen LogP contribution >= 0.6 is 23.5 Å². The van der Waals surface area contributed by atoms with E-state index in [1.807, 2.05) is 23.5 Å². The topological polar surface area (TPSA) is 20.2 Å². The van der Waals surface area contributed by atoms with E-state index in [0.717, 1.165) is 30.8 Å². The monoisotopic (exact) mass is 306 g/mol. The number of allylic oxidation sites excluding steroid dienone is 1. The SMILES string of the molecule is OC1(C2(c3ccccc3)SCCCS2)C=CCCCC1. The van der Waals surface area contributed by atoms with E-state index in [1.54, 1.807) is 0 Å². The summed E-state index contributed by atoms with van der Waals surface area (Å²) in [5.41, 5.74) is 0.546. The third-order valence-corrected chi connectivity index (χ3v) is 7.88. The number of rotatable bonds is 2. The molecule has 3 heteroatoms. The van der Waals surface area contributed by atoms with E-state index in [-0.39, 0.29) is 4.08 Å². The Morgan fingerprint density at radius 1 is 0.950 bits per heavy atom. The van der Waals surface area contributed by atoms with Crippen LogP contribution in [-0.4, -0.2) is 22.2 Å². The van der Waals surface area contributed by atoms with Gasteiger partial charge in [-0.25, -0.2) is 0 Å². The molecule has 1 aliphatic carbocycles. The predicted octanol–water partition coefficient (Wildman–Crippen LogP) is 4.57. The highest BCUT2D eigenvalue weighted by Crippen LogP contribution is 2.59. The Morgan fingerprint density at radius 2 is 1.70 bits per heavy atom. The molecule has 1 aromatic rings. The van der Waals surface area contributed by atoms with Crippen molar-refractivity contribution in [3.63, 3.8) is 0 Å². The number of hydrogen-bond acceptors (Lipinski definition) is 3. The van der Waals surface area contributed by atoms with Crippen LogP contribution in [0.25, 0.3) is 0 Å². The van der Waals surface area contributed by atoms with E-state index in [0.29, 0.717) is 0 Å². The van der Waals surface area contributed by atoms with Gasteiger partial charge in [-0.2, -0.15) is 0 Å². The summed E-state index contributed by atoms with van der Waals surface area (Å²) in [4.78, 5) is 0. The van der Waals surface area contributed by atoms with Crippen molar-refractivity contribution in [1.29, 1.82) is 0 Å². The highest BCUT2D eigenvalue weighted by molar-refractivity contribution is 8.18. The van der Waals surface area contributed by atoms with Gasteiger partial charge in [0.15, 0.2) is 0 Å². The normalized spacial score (nSPS) is 29.9. The second-order valence-electron chi connectivity index (χ2n) is 5.61. The number of aliphatic hydroxyl groups is 1. The van der Waals surface area contributed by atoms with Crippen LogP contribution in [-0.2, 0) is 4.08 Å². The summed E-state index contributed by atoms with van der Waals surface area (Å²) >= 11 is 3.88. The first-order valence-corrected chi connectivity index (χ1v) is 9.47. The van der Waals surface area contributed by atoms with Crippen LogP contribution in [0.4, 0.5) is 0 Å². The minimum absolute atomic E-state index is 0.229. The number of thioether (sulfide) groups is 2. The first kappa shape index (κ1) is 14.6. The van der Waals surface area contributed by atoms with Crippen molar-refractivity contribution < 1.29 is 5.11 Å². The van der Waals surface area contributed by atoms with Crippen LogP contribution in [0.1, 0.15) is 37.7 Å². The summed E-state index contributed by atoms with van der Waals surface area (Å²) in [7, 11) is 0. The van der Waals surface area contributed by atoms with Gasteiger partial charge in [0.1, 0.15) is 9.68 Å². The summed E-state index contributed by atoms with van der Waals surface area (Å²) in [5, 5.41) is 11.5. The van der Waals surface area contributed by atoms with Crippen LogP contribution < -0.4 is 0 Å². The standard InChI is InChI=1S/C17H22OS2/c18-16(11-6-1-2-7-12-16)17(19-13-8-14-20-17)15-9-4-3-5-10-15/h3-6,9-11,18H,1-2,7-8,12-14H2. The van der Waals surface area contributed by atoms with E-state index >= 15 is 0 Å². The van der Waals surface area contributed by atoms with Crippen LogP contribution in [0.15, 0.2) is 42.5 Å². The minimum atomic E-state index is -0.722. The van der Waals surface area contributed by atoms with Crippen LogP contribution in [0.3, 0.4) is 0 Å². The molecular weight excluding hydrogens is 284 g/mol. The molecule has 0 aromatic heterocycles. The summed E-state index contributed by atoms with van der Waals surface area (Å²) < 4.78 is -0.229. The lowest BCUT2D eigenvalue weighted by Gasteiger charge is -2.47. The first-order chi connectivity index (χ1) is 9.77. The van der Waals surface area contributed by atoms with Gasteiger partial charge in [-0.1, -0.05) is 42.5 Å². The summed E-state index contributed by atoms with van der Waals surface area (Å²) in [6.07, 6.45) is 9.80. The third-order valence-electron chi connectivity index (χ3n) is 4.20.